The molecule has 8 nitrogen and oxygen atoms in total. The maximum absolute atomic E-state index is 12.8. The molecule has 0 aliphatic carbocycles. The Balaban J connectivity index is 2.08. The first-order valence-electron chi connectivity index (χ1n) is 9.12. The van der Waals surface area contributed by atoms with Crippen molar-refractivity contribution in [1.29, 1.82) is 0 Å². The molecule has 2 aromatic heterocycles. The Hall–Kier alpha value is -2.94. The molecule has 1 aromatic carbocycles. The predicted molar refractivity (Wildman–Crippen MR) is 112 cm³/mol. The third kappa shape index (κ3) is 4.24. The van der Waals surface area contributed by atoms with Crippen molar-refractivity contribution in [3.63, 3.8) is 0 Å². The van der Waals surface area contributed by atoms with Crippen molar-refractivity contribution in [2.24, 2.45) is 13.0 Å². The van der Waals surface area contributed by atoms with Gasteiger partial charge in [-0.3, -0.25) is 13.9 Å². The zero-order chi connectivity index (χ0) is 21.3. The Morgan fingerprint density at radius 1 is 1.17 bits per heavy atom. The van der Waals surface area contributed by atoms with Crippen LogP contribution in [0.15, 0.2) is 38.9 Å². The van der Waals surface area contributed by atoms with Crippen molar-refractivity contribution in [2.75, 3.05) is 0 Å². The largest absolute Gasteiger partial charge is 0.478 e. The second kappa shape index (κ2) is 8.20. The molecule has 0 aliphatic heterocycles. The lowest BCUT2D eigenvalue weighted by Gasteiger charge is -2.15. The lowest BCUT2D eigenvalue weighted by atomic mass is 10.1. The van der Waals surface area contributed by atoms with Crippen LogP contribution in [0.5, 0.6) is 0 Å². The lowest BCUT2D eigenvalue weighted by Crippen LogP contribution is -2.39. The fourth-order valence-electron chi connectivity index (χ4n) is 2.97. The van der Waals surface area contributed by atoms with E-state index in [1.807, 2.05) is 13.8 Å². The summed E-state index contributed by atoms with van der Waals surface area (Å²) in [5, 5.41) is 9.84. The number of nitrogens with zero attached hydrogens (tertiary/aromatic N) is 4. The molecule has 0 bridgehead atoms. The van der Waals surface area contributed by atoms with Crippen molar-refractivity contribution >= 4 is 28.8 Å². The summed E-state index contributed by atoms with van der Waals surface area (Å²) in [6.07, 6.45) is 0. The molecule has 0 saturated carbocycles. The van der Waals surface area contributed by atoms with Gasteiger partial charge < -0.3 is 5.11 Å². The molecule has 9 heteroatoms. The van der Waals surface area contributed by atoms with Crippen LogP contribution in [0.25, 0.3) is 11.0 Å². The van der Waals surface area contributed by atoms with Gasteiger partial charge in [0.2, 0.25) is 0 Å². The number of hydrogen-bond donors (Lipinski definition) is 1. The van der Waals surface area contributed by atoms with Crippen LogP contribution in [0.1, 0.15) is 35.6 Å². The number of hydrogen-bond acceptors (Lipinski definition) is 6. The van der Waals surface area contributed by atoms with Crippen LogP contribution in [-0.4, -0.2) is 30.2 Å². The van der Waals surface area contributed by atoms with E-state index in [2.05, 4.69) is 9.97 Å². The molecule has 2 heterocycles. The summed E-state index contributed by atoms with van der Waals surface area (Å²) in [6.45, 7) is 6.16. The third-order valence-electron chi connectivity index (χ3n) is 4.38. The van der Waals surface area contributed by atoms with E-state index in [9.17, 15) is 14.4 Å². The zero-order valence-corrected chi connectivity index (χ0v) is 17.5. The van der Waals surface area contributed by atoms with Gasteiger partial charge in [0.1, 0.15) is 16.2 Å². The Labute approximate surface area is 171 Å². The number of aryl methyl sites for hydroxylation is 1. The maximum Gasteiger partial charge on any atom is 0.335 e. The Kier molecular flexibility index (Phi) is 5.88. The second-order valence-electron chi connectivity index (χ2n) is 7.22. The Morgan fingerprint density at radius 2 is 1.83 bits per heavy atom. The van der Waals surface area contributed by atoms with E-state index in [1.54, 1.807) is 31.2 Å². The topological polar surface area (TPSA) is 107 Å². The minimum absolute atomic E-state index is 0.201. The summed E-state index contributed by atoms with van der Waals surface area (Å²) in [5.74, 6) is 0.199. The van der Waals surface area contributed by atoms with Gasteiger partial charge in [0, 0.05) is 19.3 Å². The molecule has 1 N–H and O–H groups in total. The van der Waals surface area contributed by atoms with Gasteiger partial charge in [-0.15, -0.1) is 11.8 Å². The van der Waals surface area contributed by atoms with Crippen LogP contribution in [-0.2, 0) is 19.3 Å². The van der Waals surface area contributed by atoms with Crippen LogP contribution < -0.4 is 11.2 Å². The first-order chi connectivity index (χ1) is 13.7. The van der Waals surface area contributed by atoms with E-state index in [1.165, 1.54) is 23.4 Å². The van der Waals surface area contributed by atoms with Crippen molar-refractivity contribution in [1.82, 2.24) is 19.1 Å². The van der Waals surface area contributed by atoms with Gasteiger partial charge in [0.15, 0.2) is 5.65 Å². The number of carboxylic acids is 1. The number of aromatic carboxylic acids is 1. The third-order valence-corrected chi connectivity index (χ3v) is 5.43. The van der Waals surface area contributed by atoms with Crippen LogP contribution in [0.2, 0.25) is 0 Å². The SMILES string of the molecule is Cc1nc(SCc2ccc(C(=O)O)cc2)c2c(=O)n(C)c(=O)n(CC(C)C)c2n1. The number of carboxylic acid groups (broad SMARTS) is 1. The van der Waals surface area contributed by atoms with Crippen LogP contribution in [0.3, 0.4) is 0 Å². The molecule has 0 aliphatic rings. The van der Waals surface area contributed by atoms with Gasteiger partial charge >= 0.3 is 11.7 Å². The van der Waals surface area contributed by atoms with Gasteiger partial charge in [0.25, 0.3) is 5.56 Å². The first-order valence-corrected chi connectivity index (χ1v) is 10.1. The van der Waals surface area contributed by atoms with E-state index >= 15 is 0 Å². The van der Waals surface area contributed by atoms with Crippen LogP contribution in [0.4, 0.5) is 0 Å². The Bertz CT molecular complexity index is 1200. The monoisotopic (exact) mass is 414 g/mol. The minimum Gasteiger partial charge on any atom is -0.478 e. The number of thioether (sulfide) groups is 1. The highest BCUT2D eigenvalue weighted by Crippen LogP contribution is 2.26. The molecule has 152 valence electrons. The number of benzene rings is 1. The lowest BCUT2D eigenvalue weighted by molar-refractivity contribution is 0.0697. The molecule has 3 aromatic rings. The van der Waals surface area contributed by atoms with E-state index < -0.39 is 17.2 Å². The fourth-order valence-corrected chi connectivity index (χ4v) is 3.99. The standard InChI is InChI=1S/C20H22N4O4S/c1-11(2)9-24-16-15(18(25)23(4)20(24)28)17(22-12(3)21-16)29-10-13-5-7-14(8-6-13)19(26)27/h5-8,11H,9-10H2,1-4H3,(H,26,27). The average molecular weight is 414 g/mol. The summed E-state index contributed by atoms with van der Waals surface area (Å²) in [4.78, 5) is 45.3. The van der Waals surface area contributed by atoms with Crippen LogP contribution >= 0.6 is 11.8 Å². The summed E-state index contributed by atoms with van der Waals surface area (Å²) in [5.41, 5.74) is 0.650. The first kappa shape index (κ1) is 20.8. The molecular formula is C20H22N4O4S. The molecule has 0 amide bonds. The highest BCUT2D eigenvalue weighted by atomic mass is 32.2. The highest BCUT2D eigenvalue weighted by molar-refractivity contribution is 7.98. The molecule has 29 heavy (non-hydrogen) atoms. The number of carbonyl (C=O) groups is 1. The van der Waals surface area contributed by atoms with Crippen molar-refractivity contribution in [3.8, 4) is 0 Å². The quantitative estimate of drug-likeness (QED) is 0.488. The maximum atomic E-state index is 12.8. The molecule has 3 rings (SSSR count). The molecule has 0 saturated heterocycles. The molecule has 0 radical (unpaired) electrons. The Morgan fingerprint density at radius 3 is 2.41 bits per heavy atom. The normalized spacial score (nSPS) is 11.3. The van der Waals surface area contributed by atoms with Crippen molar-refractivity contribution < 1.29 is 9.90 Å². The molecular weight excluding hydrogens is 392 g/mol. The van der Waals surface area contributed by atoms with Crippen LogP contribution in [0, 0.1) is 12.8 Å². The van der Waals surface area contributed by atoms with Crippen molar-refractivity contribution in [3.05, 3.63) is 62.1 Å². The summed E-state index contributed by atoms with van der Waals surface area (Å²) in [7, 11) is 1.46. The number of aromatic nitrogens is 4. The molecule has 0 fully saturated rings. The molecule has 0 spiro atoms. The smallest absolute Gasteiger partial charge is 0.335 e. The van der Waals surface area contributed by atoms with E-state index in [0.29, 0.717) is 34.2 Å². The van der Waals surface area contributed by atoms with E-state index in [4.69, 9.17) is 5.11 Å². The summed E-state index contributed by atoms with van der Waals surface area (Å²) < 4.78 is 2.62. The predicted octanol–water partition coefficient (Wildman–Crippen LogP) is 2.45. The molecule has 0 atom stereocenters. The minimum atomic E-state index is -0.978. The fraction of sp³-hybridized carbons (Fsp3) is 0.350. The van der Waals surface area contributed by atoms with Gasteiger partial charge in [-0.1, -0.05) is 26.0 Å². The summed E-state index contributed by atoms with van der Waals surface area (Å²) >= 11 is 1.36. The summed E-state index contributed by atoms with van der Waals surface area (Å²) in [6, 6.07) is 6.56. The highest BCUT2D eigenvalue weighted by Gasteiger charge is 2.18. The van der Waals surface area contributed by atoms with E-state index in [0.717, 1.165) is 10.1 Å². The van der Waals surface area contributed by atoms with Gasteiger partial charge in [-0.25, -0.2) is 19.6 Å². The van der Waals surface area contributed by atoms with Gasteiger partial charge in [0.05, 0.1) is 5.56 Å². The van der Waals surface area contributed by atoms with Gasteiger partial charge in [-0.2, -0.15) is 0 Å². The average Bonchev–Trinajstić information content (AvgIpc) is 2.67. The van der Waals surface area contributed by atoms with E-state index in [-0.39, 0.29) is 11.5 Å². The zero-order valence-electron chi connectivity index (χ0n) is 16.7. The van der Waals surface area contributed by atoms with Gasteiger partial charge in [-0.05, 0) is 30.5 Å². The molecule has 0 unspecified atom stereocenters. The number of fused-ring (bicyclic) bond motifs is 1. The number of rotatable bonds is 6. The van der Waals surface area contributed by atoms with Crippen molar-refractivity contribution in [2.45, 2.75) is 38.1 Å². The second-order valence-corrected chi connectivity index (χ2v) is 8.18.